The van der Waals surface area contributed by atoms with E-state index in [0.29, 0.717) is 35.5 Å². The van der Waals surface area contributed by atoms with Crippen molar-refractivity contribution in [2.45, 2.75) is 43.2 Å². The highest BCUT2D eigenvalue weighted by atomic mass is 19.3. The normalized spacial score (nSPS) is 24.3. The van der Waals surface area contributed by atoms with Crippen molar-refractivity contribution in [1.82, 2.24) is 20.6 Å². The van der Waals surface area contributed by atoms with Gasteiger partial charge < -0.3 is 20.9 Å². The van der Waals surface area contributed by atoms with E-state index in [1.165, 1.54) is 12.1 Å². The van der Waals surface area contributed by atoms with Gasteiger partial charge in [0.15, 0.2) is 0 Å². The lowest BCUT2D eigenvalue weighted by atomic mass is 9.97. The number of alkyl halides is 4. The molecule has 0 saturated carbocycles. The summed E-state index contributed by atoms with van der Waals surface area (Å²) in [4.78, 5) is 20.1. The molecule has 3 heterocycles. The van der Waals surface area contributed by atoms with Gasteiger partial charge in [0.25, 0.3) is 5.92 Å². The quantitative estimate of drug-likeness (QED) is 0.230. The van der Waals surface area contributed by atoms with Crippen molar-refractivity contribution in [3.8, 4) is 33.5 Å². The van der Waals surface area contributed by atoms with E-state index in [4.69, 9.17) is 0 Å². The Balaban J connectivity index is 1.11. The van der Waals surface area contributed by atoms with Crippen LogP contribution in [0.5, 0.6) is 0 Å². The molecule has 10 heteroatoms. The van der Waals surface area contributed by atoms with E-state index in [0.717, 1.165) is 16.8 Å². The summed E-state index contributed by atoms with van der Waals surface area (Å²) in [7, 11) is 0. The molecule has 2 fully saturated rings. The number of anilines is 1. The van der Waals surface area contributed by atoms with E-state index in [1.54, 1.807) is 24.4 Å². The van der Waals surface area contributed by atoms with Gasteiger partial charge in [0.1, 0.15) is 18.2 Å². The van der Waals surface area contributed by atoms with Crippen LogP contribution in [0, 0.1) is 0 Å². The Hall–Kier alpha value is -4.02. The number of imidazole rings is 1. The second kappa shape index (κ2) is 9.81. The molecule has 2 saturated heterocycles. The Morgan fingerprint density at radius 1 is 0.829 bits per heavy atom. The smallest absolute Gasteiger partial charge is 0.299 e. The van der Waals surface area contributed by atoms with Crippen LogP contribution >= 0.6 is 0 Å². The first-order valence-corrected chi connectivity index (χ1v) is 13.6. The van der Waals surface area contributed by atoms with E-state index in [1.807, 2.05) is 30.3 Å². The predicted molar refractivity (Wildman–Crippen MR) is 148 cm³/mol. The van der Waals surface area contributed by atoms with Crippen LogP contribution in [-0.2, 0) is 10.7 Å². The second-order valence-corrected chi connectivity index (χ2v) is 10.9. The minimum absolute atomic E-state index is 0.0594. The monoisotopic (exact) mass is 561 g/mol. The molecule has 41 heavy (non-hydrogen) atoms. The molecule has 4 atom stereocenters. The number of nitrogens with zero attached hydrogens (tertiary/aromatic N) is 1. The molecule has 6 nitrogen and oxygen atoms in total. The number of benzene rings is 3. The molecule has 0 unspecified atom stereocenters. The van der Waals surface area contributed by atoms with Crippen molar-refractivity contribution in [3.63, 3.8) is 0 Å². The largest absolute Gasteiger partial charge is 0.341 e. The third-order valence-corrected chi connectivity index (χ3v) is 8.20. The fourth-order valence-electron chi connectivity index (χ4n) is 6.01. The minimum Gasteiger partial charge on any atom is -0.341 e. The first-order chi connectivity index (χ1) is 19.8. The standard InChI is InChI=1S/C31H27F4N5O/c32-19-10-26(36-13-19)29-38-15-28(40-29)17-3-1-16(2-4-17)18-5-7-22-23-8-6-21(12-25(23)31(34,35)24(22)9-18)39-30(41)27-11-20(33)14-37-27/h1-9,12,15,19-20,26-27,36-37H,10-11,13-14H2,(H,38,40)(H,39,41)/t19-,20-,26-,27-/m0/s1. The van der Waals surface area contributed by atoms with E-state index in [-0.39, 0.29) is 35.8 Å². The van der Waals surface area contributed by atoms with Gasteiger partial charge >= 0.3 is 0 Å². The number of fused-ring (bicyclic) bond motifs is 3. The molecule has 1 amide bonds. The first kappa shape index (κ1) is 25.9. The molecule has 0 bridgehead atoms. The summed E-state index contributed by atoms with van der Waals surface area (Å²) < 4.78 is 58.5. The molecule has 0 spiro atoms. The van der Waals surface area contributed by atoms with E-state index >= 15 is 8.78 Å². The van der Waals surface area contributed by atoms with Crippen molar-refractivity contribution >= 4 is 11.6 Å². The summed E-state index contributed by atoms with van der Waals surface area (Å²) in [5.41, 5.74) is 3.95. The van der Waals surface area contributed by atoms with Gasteiger partial charge in [-0.15, -0.1) is 0 Å². The maximum atomic E-state index is 15.7. The first-order valence-electron chi connectivity index (χ1n) is 13.6. The number of nitrogens with one attached hydrogen (secondary N) is 4. The molecule has 4 N–H and O–H groups in total. The number of aromatic nitrogens is 2. The Kier molecular flexibility index (Phi) is 6.20. The second-order valence-electron chi connectivity index (χ2n) is 10.9. The Morgan fingerprint density at radius 2 is 1.49 bits per heavy atom. The van der Waals surface area contributed by atoms with Gasteiger partial charge in [-0.1, -0.05) is 42.5 Å². The number of rotatable bonds is 5. The van der Waals surface area contributed by atoms with Crippen LogP contribution < -0.4 is 16.0 Å². The van der Waals surface area contributed by atoms with Crippen LogP contribution in [0.3, 0.4) is 0 Å². The average molecular weight is 562 g/mol. The molecule has 0 radical (unpaired) electrons. The Bertz CT molecular complexity index is 1640. The van der Waals surface area contributed by atoms with Gasteiger partial charge in [-0.3, -0.25) is 4.79 Å². The van der Waals surface area contributed by atoms with E-state index < -0.39 is 30.2 Å². The zero-order valence-electron chi connectivity index (χ0n) is 21.9. The van der Waals surface area contributed by atoms with Crippen LogP contribution in [0.2, 0.25) is 0 Å². The lowest BCUT2D eigenvalue weighted by Gasteiger charge is -2.15. The van der Waals surface area contributed by atoms with Crippen LogP contribution in [0.15, 0.2) is 66.9 Å². The number of carbonyl (C=O) groups is 1. The number of H-pyrrole nitrogens is 1. The van der Waals surface area contributed by atoms with Gasteiger partial charge in [-0.25, -0.2) is 13.8 Å². The van der Waals surface area contributed by atoms with Gasteiger partial charge in [-0.2, -0.15) is 8.78 Å². The lowest BCUT2D eigenvalue weighted by molar-refractivity contribution is -0.117. The van der Waals surface area contributed by atoms with E-state index in [2.05, 4.69) is 25.9 Å². The molecule has 1 aromatic heterocycles. The lowest BCUT2D eigenvalue weighted by Crippen LogP contribution is -2.35. The third kappa shape index (κ3) is 4.61. The number of hydrogen-bond donors (Lipinski definition) is 4. The molecule has 3 aliphatic rings. The number of hydrogen-bond acceptors (Lipinski definition) is 4. The zero-order valence-corrected chi connectivity index (χ0v) is 21.9. The maximum Gasteiger partial charge on any atom is 0.299 e. The molecular weight excluding hydrogens is 534 g/mol. The summed E-state index contributed by atoms with van der Waals surface area (Å²) in [5, 5.41) is 8.56. The average Bonchev–Trinajstić information content (AvgIpc) is 3.76. The Morgan fingerprint density at radius 3 is 2.20 bits per heavy atom. The highest BCUT2D eigenvalue weighted by Gasteiger charge is 2.45. The van der Waals surface area contributed by atoms with Crippen LogP contribution in [0.25, 0.3) is 33.5 Å². The van der Waals surface area contributed by atoms with Crippen LogP contribution in [0.1, 0.15) is 35.8 Å². The summed E-state index contributed by atoms with van der Waals surface area (Å²) in [6, 6.07) is 16.2. The van der Waals surface area contributed by atoms with Gasteiger partial charge in [0, 0.05) is 42.7 Å². The molecular formula is C31H27F4N5O. The van der Waals surface area contributed by atoms with E-state index in [9.17, 15) is 13.6 Å². The number of carbonyl (C=O) groups excluding carboxylic acids is 1. The Labute approximate surface area is 233 Å². The molecule has 210 valence electrons. The summed E-state index contributed by atoms with van der Waals surface area (Å²) in [6.45, 7) is 0.420. The number of amides is 1. The van der Waals surface area contributed by atoms with Crippen molar-refractivity contribution in [3.05, 3.63) is 83.8 Å². The van der Waals surface area contributed by atoms with Gasteiger partial charge in [0.2, 0.25) is 5.91 Å². The fraction of sp³-hybridized carbons (Fsp3) is 0.290. The van der Waals surface area contributed by atoms with Gasteiger partial charge in [-0.05, 0) is 46.0 Å². The van der Waals surface area contributed by atoms with Crippen LogP contribution in [-0.4, -0.2) is 47.3 Å². The van der Waals surface area contributed by atoms with Crippen molar-refractivity contribution in [2.24, 2.45) is 0 Å². The minimum atomic E-state index is -3.25. The van der Waals surface area contributed by atoms with Crippen molar-refractivity contribution < 1.29 is 22.4 Å². The third-order valence-electron chi connectivity index (χ3n) is 8.20. The summed E-state index contributed by atoms with van der Waals surface area (Å²) in [5.74, 6) is -3.00. The highest BCUT2D eigenvalue weighted by Crippen LogP contribution is 2.52. The highest BCUT2D eigenvalue weighted by molar-refractivity contribution is 5.96. The number of aromatic amines is 1. The molecule has 3 aromatic carbocycles. The molecule has 7 rings (SSSR count). The predicted octanol–water partition coefficient (Wildman–Crippen LogP) is 5.88. The van der Waals surface area contributed by atoms with Crippen LogP contribution in [0.4, 0.5) is 23.2 Å². The van der Waals surface area contributed by atoms with Crippen molar-refractivity contribution in [2.75, 3.05) is 18.4 Å². The summed E-state index contributed by atoms with van der Waals surface area (Å²) >= 11 is 0. The fourth-order valence-corrected chi connectivity index (χ4v) is 6.01. The topological polar surface area (TPSA) is 81.8 Å². The molecule has 1 aliphatic carbocycles. The maximum absolute atomic E-state index is 15.7. The molecule has 2 aliphatic heterocycles. The van der Waals surface area contributed by atoms with Gasteiger partial charge in [0.05, 0.1) is 24.0 Å². The summed E-state index contributed by atoms with van der Waals surface area (Å²) in [6.07, 6.45) is 0.175. The van der Waals surface area contributed by atoms with Crippen molar-refractivity contribution in [1.29, 1.82) is 0 Å². The number of halogens is 4. The SMILES string of the molecule is O=C(Nc1ccc2c(c1)C(F)(F)c1cc(-c3ccc(-c4cnc([C@@H]5C[C@H](F)CN5)[nH]4)cc3)ccc1-2)[C@@H]1C[C@H](F)CN1. The zero-order chi connectivity index (χ0) is 28.3. The molecule has 4 aromatic rings.